The fourth-order valence-electron chi connectivity index (χ4n) is 2.71. The van der Waals surface area contributed by atoms with Crippen molar-refractivity contribution in [2.24, 2.45) is 0 Å². The number of alkyl halides is 3. The van der Waals surface area contributed by atoms with Gasteiger partial charge < -0.3 is 10.0 Å². The van der Waals surface area contributed by atoms with Gasteiger partial charge in [-0.25, -0.2) is 4.79 Å². The Morgan fingerprint density at radius 2 is 2.00 bits per heavy atom. The van der Waals surface area contributed by atoms with Crippen LogP contribution in [0.2, 0.25) is 0 Å². The Hall–Kier alpha value is -1.71. The average molecular weight is 365 g/mol. The molecule has 0 unspecified atom stereocenters. The van der Waals surface area contributed by atoms with Crippen LogP contribution in [0.25, 0.3) is 0 Å². The molecule has 1 aliphatic rings. The van der Waals surface area contributed by atoms with E-state index in [1.165, 1.54) is 6.20 Å². The maximum atomic E-state index is 12.1. The number of piperidine rings is 1. The van der Waals surface area contributed by atoms with E-state index in [1.807, 2.05) is 0 Å². The van der Waals surface area contributed by atoms with Gasteiger partial charge >= 0.3 is 12.1 Å². The van der Waals surface area contributed by atoms with Crippen molar-refractivity contribution < 1.29 is 27.9 Å². The predicted molar refractivity (Wildman–Crippen MR) is 82.2 cm³/mol. The summed E-state index contributed by atoms with van der Waals surface area (Å²) < 4.78 is 37.9. The van der Waals surface area contributed by atoms with Crippen molar-refractivity contribution in [1.29, 1.82) is 0 Å². The number of nitrogens with zero attached hydrogens (tertiary/aromatic N) is 3. The van der Waals surface area contributed by atoms with E-state index in [0.29, 0.717) is 43.4 Å². The van der Waals surface area contributed by atoms with E-state index in [0.717, 1.165) is 0 Å². The molecule has 1 aromatic heterocycles. The molecule has 0 saturated carbocycles. The molecule has 0 radical (unpaired) electrons. The highest BCUT2D eigenvalue weighted by Gasteiger charge is 2.29. The van der Waals surface area contributed by atoms with Crippen molar-refractivity contribution in [3.8, 4) is 0 Å². The van der Waals surface area contributed by atoms with Crippen LogP contribution in [-0.4, -0.2) is 62.4 Å². The number of thioether (sulfide) groups is 1. The zero-order chi connectivity index (χ0) is 17.9. The number of carboxylic acids is 1. The van der Waals surface area contributed by atoms with Gasteiger partial charge in [-0.3, -0.25) is 9.48 Å². The number of carboxylic acid groups (broad SMARTS) is 1. The van der Waals surface area contributed by atoms with Crippen LogP contribution in [0.4, 0.5) is 13.2 Å². The Labute approximate surface area is 141 Å². The molecule has 1 aromatic rings. The van der Waals surface area contributed by atoms with Crippen LogP contribution in [0.3, 0.4) is 0 Å². The van der Waals surface area contributed by atoms with Crippen LogP contribution >= 0.6 is 11.8 Å². The lowest BCUT2D eigenvalue weighted by atomic mass is 10.0. The number of aromatic carboxylic acids is 1. The highest BCUT2D eigenvalue weighted by Crippen LogP contribution is 2.26. The zero-order valence-electron chi connectivity index (χ0n) is 13.0. The summed E-state index contributed by atoms with van der Waals surface area (Å²) in [5.41, 5.74) is 0.713. The van der Waals surface area contributed by atoms with E-state index >= 15 is 0 Å². The Balaban J connectivity index is 1.85. The first-order chi connectivity index (χ1) is 11.2. The minimum Gasteiger partial charge on any atom is -0.478 e. The van der Waals surface area contributed by atoms with Crippen LogP contribution in [0.5, 0.6) is 0 Å². The maximum Gasteiger partial charge on any atom is 0.397 e. The van der Waals surface area contributed by atoms with Gasteiger partial charge in [-0.1, -0.05) is 0 Å². The van der Waals surface area contributed by atoms with Crippen molar-refractivity contribution in [2.45, 2.75) is 32.0 Å². The number of hydrogen-bond acceptors (Lipinski definition) is 4. The monoisotopic (exact) mass is 365 g/mol. The molecule has 1 N–H and O–H groups in total. The Kier molecular flexibility index (Phi) is 5.79. The average Bonchev–Trinajstić information content (AvgIpc) is 2.88. The summed E-state index contributed by atoms with van der Waals surface area (Å²) in [7, 11) is 0. The Morgan fingerprint density at radius 1 is 1.38 bits per heavy atom. The maximum absolute atomic E-state index is 12.1. The second kappa shape index (κ2) is 7.45. The minimum absolute atomic E-state index is 0.00928. The van der Waals surface area contributed by atoms with E-state index in [2.05, 4.69) is 5.10 Å². The van der Waals surface area contributed by atoms with Crippen molar-refractivity contribution >= 4 is 23.6 Å². The molecule has 10 heteroatoms. The van der Waals surface area contributed by atoms with Crippen LogP contribution in [0.1, 0.15) is 34.9 Å². The third-order valence-electron chi connectivity index (χ3n) is 3.93. The SMILES string of the molecule is Cc1c(C(=O)O)cnn1C1CCN(C(=O)CSCC(F)(F)F)CC1. The van der Waals surface area contributed by atoms with Gasteiger partial charge in [0.25, 0.3) is 0 Å². The van der Waals surface area contributed by atoms with Crippen LogP contribution in [0, 0.1) is 6.92 Å². The van der Waals surface area contributed by atoms with Crippen LogP contribution < -0.4 is 0 Å². The summed E-state index contributed by atoms with van der Waals surface area (Å²) in [6, 6.07) is -0.00928. The number of likely N-dealkylation sites (tertiary alicyclic amines) is 1. The van der Waals surface area contributed by atoms with E-state index in [9.17, 15) is 22.8 Å². The largest absolute Gasteiger partial charge is 0.478 e. The number of aromatic nitrogens is 2. The molecule has 24 heavy (non-hydrogen) atoms. The van der Waals surface area contributed by atoms with E-state index < -0.39 is 17.9 Å². The molecular weight excluding hydrogens is 347 g/mol. The number of carbonyl (C=O) groups is 2. The van der Waals surface area contributed by atoms with Gasteiger partial charge in [0.2, 0.25) is 5.91 Å². The van der Waals surface area contributed by atoms with Gasteiger partial charge in [0.05, 0.1) is 29.4 Å². The summed E-state index contributed by atoms with van der Waals surface area (Å²) >= 11 is 0.569. The first-order valence-electron chi connectivity index (χ1n) is 7.38. The number of carbonyl (C=O) groups excluding carboxylic acids is 1. The first kappa shape index (κ1) is 18.6. The number of halogens is 3. The molecule has 0 bridgehead atoms. The highest BCUT2D eigenvalue weighted by molar-refractivity contribution is 8.00. The molecule has 1 saturated heterocycles. The normalized spacial score (nSPS) is 16.4. The lowest BCUT2D eigenvalue weighted by Gasteiger charge is -2.32. The van der Waals surface area contributed by atoms with Gasteiger partial charge in [-0.05, 0) is 19.8 Å². The van der Waals surface area contributed by atoms with Crippen molar-refractivity contribution in [3.05, 3.63) is 17.5 Å². The summed E-state index contributed by atoms with van der Waals surface area (Å²) in [5, 5.41) is 13.2. The Bertz CT molecular complexity index is 610. The summed E-state index contributed by atoms with van der Waals surface area (Å²) in [6.45, 7) is 2.54. The number of amides is 1. The topological polar surface area (TPSA) is 75.4 Å². The fourth-order valence-corrected chi connectivity index (χ4v) is 3.40. The van der Waals surface area contributed by atoms with E-state index in [4.69, 9.17) is 5.11 Å². The standard InChI is InChI=1S/C14H18F3N3O3S/c1-9-11(13(22)23)6-18-20(9)10-2-4-19(5-3-10)12(21)7-24-8-14(15,16)17/h6,10H,2-5,7-8H2,1H3,(H,22,23). The summed E-state index contributed by atoms with van der Waals surface area (Å²) in [4.78, 5) is 24.5. The molecular formula is C14H18F3N3O3S. The van der Waals surface area contributed by atoms with Crippen LogP contribution in [0.15, 0.2) is 6.20 Å². The second-order valence-electron chi connectivity index (χ2n) is 5.61. The van der Waals surface area contributed by atoms with E-state index in [1.54, 1.807) is 16.5 Å². The quantitative estimate of drug-likeness (QED) is 0.867. The summed E-state index contributed by atoms with van der Waals surface area (Å²) in [5.74, 6) is -2.55. The number of rotatable bonds is 5. The fraction of sp³-hybridized carbons (Fsp3) is 0.643. The predicted octanol–water partition coefficient (Wildman–Crippen LogP) is 2.35. The lowest BCUT2D eigenvalue weighted by molar-refractivity contribution is -0.129. The second-order valence-corrected chi connectivity index (χ2v) is 6.60. The van der Waals surface area contributed by atoms with Crippen molar-refractivity contribution in [3.63, 3.8) is 0 Å². The van der Waals surface area contributed by atoms with Crippen molar-refractivity contribution in [1.82, 2.24) is 14.7 Å². The third-order valence-corrected chi connectivity index (χ3v) is 4.91. The zero-order valence-corrected chi connectivity index (χ0v) is 13.9. The molecule has 1 aliphatic heterocycles. The molecule has 2 rings (SSSR count). The van der Waals surface area contributed by atoms with Crippen LogP contribution in [-0.2, 0) is 4.79 Å². The Morgan fingerprint density at radius 3 is 2.50 bits per heavy atom. The summed E-state index contributed by atoms with van der Waals surface area (Å²) in [6.07, 6.45) is -1.77. The smallest absolute Gasteiger partial charge is 0.397 e. The van der Waals surface area contributed by atoms with E-state index in [-0.39, 0.29) is 23.3 Å². The van der Waals surface area contributed by atoms with Gasteiger partial charge in [0.15, 0.2) is 0 Å². The lowest BCUT2D eigenvalue weighted by Crippen LogP contribution is -2.40. The molecule has 6 nitrogen and oxygen atoms in total. The third kappa shape index (κ3) is 4.65. The molecule has 0 spiro atoms. The number of hydrogen-bond donors (Lipinski definition) is 1. The highest BCUT2D eigenvalue weighted by atomic mass is 32.2. The molecule has 2 heterocycles. The van der Waals surface area contributed by atoms with Crippen molar-refractivity contribution in [2.75, 3.05) is 24.6 Å². The minimum atomic E-state index is -4.27. The van der Waals surface area contributed by atoms with Gasteiger partial charge in [0, 0.05) is 13.1 Å². The molecule has 1 amide bonds. The molecule has 1 fully saturated rings. The molecule has 0 aromatic carbocycles. The van der Waals surface area contributed by atoms with Gasteiger partial charge in [-0.15, -0.1) is 11.8 Å². The molecule has 0 aliphatic carbocycles. The van der Waals surface area contributed by atoms with Gasteiger partial charge in [-0.2, -0.15) is 18.3 Å². The molecule has 0 atom stereocenters. The van der Waals surface area contributed by atoms with Gasteiger partial charge in [0.1, 0.15) is 5.56 Å². The first-order valence-corrected chi connectivity index (χ1v) is 8.54. The molecule has 134 valence electrons.